The Bertz CT molecular complexity index is 645. The molecule has 1 aromatic heterocycles. The zero-order valence-corrected chi connectivity index (χ0v) is 12.8. The predicted molar refractivity (Wildman–Crippen MR) is 77.2 cm³/mol. The highest BCUT2D eigenvalue weighted by molar-refractivity contribution is 9.10. The van der Waals surface area contributed by atoms with Gasteiger partial charge in [0, 0.05) is 16.7 Å². The first-order valence-corrected chi connectivity index (χ1v) is 7.19. The summed E-state index contributed by atoms with van der Waals surface area (Å²) in [6.45, 7) is 3.11. The van der Waals surface area contributed by atoms with Gasteiger partial charge in [0.2, 0.25) is 0 Å². The van der Waals surface area contributed by atoms with Crippen LogP contribution in [0.3, 0.4) is 0 Å². The van der Waals surface area contributed by atoms with Crippen LogP contribution < -0.4 is 0 Å². The normalized spacial score (nSPS) is 10.5. The Labute approximate surface area is 123 Å². The van der Waals surface area contributed by atoms with Crippen LogP contribution >= 0.6 is 27.7 Å². The number of carbonyl (C=O) groups is 1. The van der Waals surface area contributed by atoms with Crippen molar-refractivity contribution >= 4 is 33.5 Å². The van der Waals surface area contributed by atoms with E-state index in [1.807, 2.05) is 12.1 Å². The van der Waals surface area contributed by atoms with Crippen molar-refractivity contribution in [3.63, 3.8) is 0 Å². The highest BCUT2D eigenvalue weighted by atomic mass is 79.9. The Kier molecular flexibility index (Phi) is 4.37. The predicted octanol–water partition coefficient (Wildman–Crippen LogP) is 4.65. The lowest BCUT2D eigenvalue weighted by Crippen LogP contribution is -1.98. The number of nitrogens with zero attached hydrogens (tertiary/aromatic N) is 1. The highest BCUT2D eigenvalue weighted by Crippen LogP contribution is 2.34. The number of carbonyl (C=O) groups excluding carboxylic acids is 1. The van der Waals surface area contributed by atoms with E-state index in [2.05, 4.69) is 20.9 Å². The molecule has 0 N–H and O–H groups in total. The fraction of sp³-hybridized carbons (Fsp3) is 0.143. The fourth-order valence-electron chi connectivity index (χ4n) is 1.57. The summed E-state index contributed by atoms with van der Waals surface area (Å²) in [5.74, 6) is -0.525. The third-order valence-electron chi connectivity index (χ3n) is 2.57. The van der Waals surface area contributed by atoms with Crippen molar-refractivity contribution in [3.8, 4) is 0 Å². The molecule has 0 atom stereocenters. The van der Waals surface area contributed by atoms with Gasteiger partial charge in [-0.15, -0.1) is 0 Å². The molecule has 1 heterocycles. The Balaban J connectivity index is 2.48. The van der Waals surface area contributed by atoms with Crippen molar-refractivity contribution in [2.75, 3.05) is 0 Å². The lowest BCUT2D eigenvalue weighted by atomic mass is 10.1. The molecule has 0 amide bonds. The molecule has 0 unspecified atom stereocenters. The van der Waals surface area contributed by atoms with Gasteiger partial charge in [-0.25, -0.2) is 9.37 Å². The molecule has 98 valence electrons. The minimum absolute atomic E-state index is 0.159. The Morgan fingerprint density at radius 2 is 2.16 bits per heavy atom. The molecule has 0 fully saturated rings. The van der Waals surface area contributed by atoms with E-state index in [1.165, 1.54) is 24.8 Å². The molecule has 2 nitrogen and oxygen atoms in total. The number of halogens is 2. The van der Waals surface area contributed by atoms with Gasteiger partial charge in [0.25, 0.3) is 0 Å². The molecule has 0 spiro atoms. The largest absolute Gasteiger partial charge is 0.294 e. The first-order chi connectivity index (χ1) is 8.99. The number of aryl methyl sites for hydroxylation is 1. The highest BCUT2D eigenvalue weighted by Gasteiger charge is 2.14. The SMILES string of the molecule is CC(=O)c1cc(F)c(C)cc1Sc1ncccc1Br. The van der Waals surface area contributed by atoms with E-state index in [1.54, 1.807) is 19.2 Å². The first kappa shape index (κ1) is 14.2. The molecule has 19 heavy (non-hydrogen) atoms. The van der Waals surface area contributed by atoms with Gasteiger partial charge < -0.3 is 0 Å². The maximum absolute atomic E-state index is 13.6. The summed E-state index contributed by atoms with van der Waals surface area (Å²) in [7, 11) is 0. The topological polar surface area (TPSA) is 30.0 Å². The maximum atomic E-state index is 13.6. The number of hydrogen-bond donors (Lipinski definition) is 0. The summed E-state index contributed by atoms with van der Waals surface area (Å²) >= 11 is 4.75. The van der Waals surface area contributed by atoms with Gasteiger partial charge in [0.15, 0.2) is 5.78 Å². The third-order valence-corrected chi connectivity index (χ3v) is 4.55. The average Bonchev–Trinajstić information content (AvgIpc) is 2.36. The van der Waals surface area contributed by atoms with Crippen molar-refractivity contribution in [2.45, 2.75) is 23.8 Å². The van der Waals surface area contributed by atoms with Gasteiger partial charge >= 0.3 is 0 Å². The molecule has 0 aliphatic heterocycles. The summed E-state index contributed by atoms with van der Waals surface area (Å²) in [4.78, 5) is 16.5. The summed E-state index contributed by atoms with van der Waals surface area (Å²) in [6, 6.07) is 6.66. The van der Waals surface area contributed by atoms with Gasteiger partial charge in [0.05, 0.1) is 4.47 Å². The second-order valence-corrected chi connectivity index (χ2v) is 5.93. The van der Waals surface area contributed by atoms with Crippen LogP contribution in [0.4, 0.5) is 4.39 Å². The van der Waals surface area contributed by atoms with E-state index in [-0.39, 0.29) is 11.6 Å². The smallest absolute Gasteiger partial charge is 0.161 e. The molecule has 5 heteroatoms. The van der Waals surface area contributed by atoms with Gasteiger partial charge in [0.1, 0.15) is 10.8 Å². The quantitative estimate of drug-likeness (QED) is 0.762. The molecule has 2 rings (SSSR count). The number of aromatic nitrogens is 1. The van der Waals surface area contributed by atoms with E-state index in [9.17, 15) is 9.18 Å². The molecule has 0 radical (unpaired) electrons. The molecule has 0 saturated carbocycles. The Morgan fingerprint density at radius 3 is 2.79 bits per heavy atom. The number of Topliss-reactive ketones (excluding diaryl/α,β-unsaturated/α-hetero) is 1. The van der Waals surface area contributed by atoms with Crippen molar-refractivity contribution < 1.29 is 9.18 Å². The third kappa shape index (κ3) is 3.22. The van der Waals surface area contributed by atoms with Crippen LogP contribution in [0, 0.1) is 12.7 Å². The van der Waals surface area contributed by atoms with E-state index >= 15 is 0 Å². The lowest BCUT2D eigenvalue weighted by molar-refractivity contribution is 0.101. The van der Waals surface area contributed by atoms with Crippen LogP contribution in [-0.2, 0) is 0 Å². The Hall–Kier alpha value is -1.20. The molecule has 1 aromatic carbocycles. The first-order valence-electron chi connectivity index (χ1n) is 5.58. The van der Waals surface area contributed by atoms with E-state index in [0.717, 1.165) is 9.50 Å². The molecular weight excluding hydrogens is 329 g/mol. The van der Waals surface area contributed by atoms with E-state index < -0.39 is 0 Å². The molecule has 0 saturated heterocycles. The van der Waals surface area contributed by atoms with Crippen LogP contribution in [0.25, 0.3) is 0 Å². The van der Waals surface area contributed by atoms with E-state index in [0.29, 0.717) is 16.0 Å². The molecule has 0 aliphatic carbocycles. The molecule has 0 aliphatic rings. The summed E-state index contributed by atoms with van der Waals surface area (Å²) < 4.78 is 14.4. The molecule has 2 aromatic rings. The number of hydrogen-bond acceptors (Lipinski definition) is 3. The summed E-state index contributed by atoms with van der Waals surface area (Å²) in [5.41, 5.74) is 0.894. The van der Waals surface area contributed by atoms with Crippen LogP contribution in [0.5, 0.6) is 0 Å². The van der Waals surface area contributed by atoms with Crippen LogP contribution in [-0.4, -0.2) is 10.8 Å². The molecular formula is C14H11BrFNOS. The van der Waals surface area contributed by atoms with Crippen molar-refractivity contribution in [1.29, 1.82) is 0 Å². The standard InChI is InChI=1S/C14H11BrFNOS/c1-8-6-13(10(9(2)18)7-12(8)16)19-14-11(15)4-3-5-17-14/h3-7H,1-2H3. The Morgan fingerprint density at radius 1 is 1.42 bits per heavy atom. The van der Waals surface area contributed by atoms with Crippen molar-refractivity contribution in [3.05, 3.63) is 51.9 Å². The second kappa shape index (κ2) is 5.84. The second-order valence-electron chi connectivity index (χ2n) is 4.05. The van der Waals surface area contributed by atoms with Gasteiger partial charge in [-0.2, -0.15) is 0 Å². The number of ketones is 1. The number of pyridine rings is 1. The molecule has 0 bridgehead atoms. The maximum Gasteiger partial charge on any atom is 0.161 e. The number of benzene rings is 1. The minimum atomic E-state index is -0.366. The fourth-order valence-corrected chi connectivity index (χ4v) is 3.10. The van der Waals surface area contributed by atoms with Gasteiger partial charge in [-0.1, -0.05) is 11.8 Å². The number of rotatable bonds is 3. The van der Waals surface area contributed by atoms with Crippen LogP contribution in [0.1, 0.15) is 22.8 Å². The minimum Gasteiger partial charge on any atom is -0.294 e. The summed E-state index contributed by atoms with van der Waals surface area (Å²) in [6.07, 6.45) is 1.68. The lowest BCUT2D eigenvalue weighted by Gasteiger charge is -2.09. The van der Waals surface area contributed by atoms with Gasteiger partial charge in [-0.05, 0) is 59.6 Å². The van der Waals surface area contributed by atoms with Crippen LogP contribution in [0.15, 0.2) is 44.9 Å². The average molecular weight is 340 g/mol. The van der Waals surface area contributed by atoms with Crippen molar-refractivity contribution in [1.82, 2.24) is 4.98 Å². The monoisotopic (exact) mass is 339 g/mol. The van der Waals surface area contributed by atoms with E-state index in [4.69, 9.17) is 0 Å². The van der Waals surface area contributed by atoms with Crippen molar-refractivity contribution in [2.24, 2.45) is 0 Å². The zero-order chi connectivity index (χ0) is 14.0. The zero-order valence-electron chi connectivity index (χ0n) is 10.4. The van der Waals surface area contributed by atoms with Gasteiger partial charge in [-0.3, -0.25) is 4.79 Å². The summed E-state index contributed by atoms with van der Waals surface area (Å²) in [5, 5.41) is 0.746. The van der Waals surface area contributed by atoms with Crippen LogP contribution in [0.2, 0.25) is 0 Å².